The van der Waals surface area contributed by atoms with Crippen molar-refractivity contribution in [3.63, 3.8) is 0 Å². The first-order valence-corrected chi connectivity index (χ1v) is 8.14. The highest BCUT2D eigenvalue weighted by Gasteiger charge is 2.33. The van der Waals surface area contributed by atoms with Gasteiger partial charge in [-0.05, 0) is 36.4 Å². The van der Waals surface area contributed by atoms with Crippen LogP contribution < -0.4 is 9.64 Å². The summed E-state index contributed by atoms with van der Waals surface area (Å²) in [5, 5.41) is 0.477. The average molecular weight is 368 g/mol. The number of benzene rings is 2. The van der Waals surface area contributed by atoms with E-state index >= 15 is 0 Å². The van der Waals surface area contributed by atoms with E-state index in [2.05, 4.69) is 0 Å². The SMILES string of the molecule is CN(C(=O)Oc1ccc(C(=O)ON2C(=O)CCC2=O)cc1)c1ccccc1. The Bertz CT molecular complexity index is 863. The Kier molecular flexibility index (Phi) is 5.16. The predicted octanol–water partition coefficient (Wildman–Crippen LogP) is 2.54. The second-order valence-electron chi connectivity index (χ2n) is 5.75. The lowest BCUT2D eigenvalue weighted by molar-refractivity contribution is -0.172. The van der Waals surface area contributed by atoms with Crippen LogP contribution in [0.3, 0.4) is 0 Å². The first kappa shape index (κ1) is 18.1. The van der Waals surface area contributed by atoms with E-state index in [9.17, 15) is 19.2 Å². The third kappa shape index (κ3) is 4.12. The largest absolute Gasteiger partial charge is 0.419 e. The Morgan fingerprint density at radius 2 is 1.52 bits per heavy atom. The lowest BCUT2D eigenvalue weighted by Crippen LogP contribution is -2.32. The lowest BCUT2D eigenvalue weighted by atomic mass is 10.2. The summed E-state index contributed by atoms with van der Waals surface area (Å²) >= 11 is 0. The van der Waals surface area contributed by atoms with E-state index in [0.717, 1.165) is 0 Å². The van der Waals surface area contributed by atoms with Gasteiger partial charge in [0.2, 0.25) is 0 Å². The van der Waals surface area contributed by atoms with Gasteiger partial charge in [-0.1, -0.05) is 18.2 Å². The van der Waals surface area contributed by atoms with Gasteiger partial charge in [-0.3, -0.25) is 14.5 Å². The minimum absolute atomic E-state index is 0.0237. The number of hydroxylamine groups is 2. The van der Waals surface area contributed by atoms with Gasteiger partial charge < -0.3 is 9.57 Å². The van der Waals surface area contributed by atoms with Crippen LogP contribution in [-0.2, 0) is 14.4 Å². The van der Waals surface area contributed by atoms with Crippen LogP contribution in [0, 0.1) is 0 Å². The number of ether oxygens (including phenoxy) is 1. The number of anilines is 1. The third-order valence-corrected chi connectivity index (χ3v) is 3.89. The molecule has 1 fully saturated rings. The fraction of sp³-hybridized carbons (Fsp3) is 0.158. The number of carbonyl (C=O) groups excluding carboxylic acids is 4. The molecule has 3 amide bonds. The van der Waals surface area contributed by atoms with Gasteiger partial charge in [-0.2, -0.15) is 0 Å². The van der Waals surface area contributed by atoms with Crippen molar-refractivity contribution >= 4 is 29.6 Å². The van der Waals surface area contributed by atoms with Gasteiger partial charge in [0.15, 0.2) is 0 Å². The van der Waals surface area contributed by atoms with Gasteiger partial charge in [0.25, 0.3) is 11.8 Å². The van der Waals surface area contributed by atoms with Crippen molar-refractivity contribution < 1.29 is 28.8 Å². The molecule has 0 saturated carbocycles. The van der Waals surface area contributed by atoms with Gasteiger partial charge in [0, 0.05) is 25.6 Å². The van der Waals surface area contributed by atoms with Crippen LogP contribution in [-0.4, -0.2) is 36.0 Å². The van der Waals surface area contributed by atoms with Crippen molar-refractivity contribution in [2.45, 2.75) is 12.8 Å². The molecule has 0 unspecified atom stereocenters. The molecule has 0 atom stereocenters. The van der Waals surface area contributed by atoms with Crippen LogP contribution in [0.4, 0.5) is 10.5 Å². The monoisotopic (exact) mass is 368 g/mol. The molecule has 8 nitrogen and oxygen atoms in total. The van der Waals surface area contributed by atoms with Crippen LogP contribution in [0.1, 0.15) is 23.2 Å². The fourth-order valence-corrected chi connectivity index (χ4v) is 2.38. The minimum Gasteiger partial charge on any atom is -0.410 e. The van der Waals surface area contributed by atoms with Gasteiger partial charge in [-0.25, -0.2) is 9.59 Å². The van der Waals surface area contributed by atoms with Crippen molar-refractivity contribution in [1.82, 2.24) is 5.06 Å². The smallest absolute Gasteiger partial charge is 0.410 e. The van der Waals surface area contributed by atoms with Crippen LogP contribution in [0.25, 0.3) is 0 Å². The van der Waals surface area contributed by atoms with E-state index in [-0.39, 0.29) is 24.2 Å². The molecule has 138 valence electrons. The van der Waals surface area contributed by atoms with Gasteiger partial charge >= 0.3 is 12.1 Å². The molecule has 2 aromatic carbocycles. The first-order valence-electron chi connectivity index (χ1n) is 8.14. The highest BCUT2D eigenvalue weighted by Crippen LogP contribution is 2.18. The maximum Gasteiger partial charge on any atom is 0.419 e. The van der Waals surface area contributed by atoms with Crippen LogP contribution in [0.5, 0.6) is 5.75 Å². The Morgan fingerprint density at radius 1 is 0.926 bits per heavy atom. The molecular weight excluding hydrogens is 352 g/mol. The molecule has 1 aliphatic rings. The van der Waals surface area contributed by atoms with E-state index in [1.165, 1.54) is 29.2 Å². The molecular formula is C19H16N2O6. The molecule has 2 aromatic rings. The number of imide groups is 1. The Balaban J connectivity index is 1.61. The zero-order valence-corrected chi connectivity index (χ0v) is 14.5. The summed E-state index contributed by atoms with van der Waals surface area (Å²) in [5.74, 6) is -1.73. The molecule has 0 spiro atoms. The number of amides is 3. The van der Waals surface area contributed by atoms with Gasteiger partial charge in [0.05, 0.1) is 5.56 Å². The number of carbonyl (C=O) groups is 4. The standard InChI is InChI=1S/C19H16N2O6/c1-20(14-5-3-2-4-6-14)19(25)26-15-9-7-13(8-10-15)18(24)27-21-16(22)11-12-17(21)23/h2-10H,11-12H2,1H3. The highest BCUT2D eigenvalue weighted by atomic mass is 16.7. The normalized spacial score (nSPS) is 13.4. The second-order valence-corrected chi connectivity index (χ2v) is 5.75. The lowest BCUT2D eigenvalue weighted by Gasteiger charge is -2.17. The molecule has 0 radical (unpaired) electrons. The van der Waals surface area contributed by atoms with Gasteiger partial charge in [-0.15, -0.1) is 5.06 Å². The fourth-order valence-electron chi connectivity index (χ4n) is 2.38. The van der Waals surface area contributed by atoms with Crippen LogP contribution in [0.15, 0.2) is 54.6 Å². The Labute approximate surface area is 154 Å². The summed E-state index contributed by atoms with van der Waals surface area (Å²) in [5.41, 5.74) is 0.779. The molecule has 0 aromatic heterocycles. The summed E-state index contributed by atoms with van der Waals surface area (Å²) < 4.78 is 5.25. The maximum absolute atomic E-state index is 12.2. The zero-order valence-electron chi connectivity index (χ0n) is 14.5. The molecule has 8 heteroatoms. The van der Waals surface area contributed by atoms with Crippen molar-refractivity contribution in [3.05, 3.63) is 60.2 Å². The van der Waals surface area contributed by atoms with Crippen molar-refractivity contribution in [3.8, 4) is 5.75 Å². The highest BCUT2D eigenvalue weighted by molar-refractivity contribution is 6.02. The molecule has 27 heavy (non-hydrogen) atoms. The molecule has 0 aliphatic carbocycles. The predicted molar refractivity (Wildman–Crippen MR) is 93.8 cm³/mol. The second kappa shape index (κ2) is 7.69. The number of rotatable bonds is 4. The van der Waals surface area contributed by atoms with Crippen LogP contribution in [0.2, 0.25) is 0 Å². The summed E-state index contributed by atoms with van der Waals surface area (Å²) in [6, 6.07) is 14.6. The molecule has 0 N–H and O–H groups in total. The Hall–Kier alpha value is -3.68. The van der Waals surface area contributed by atoms with E-state index in [1.807, 2.05) is 6.07 Å². The number of para-hydroxylation sites is 1. The quantitative estimate of drug-likeness (QED) is 0.770. The maximum atomic E-state index is 12.2. The summed E-state index contributed by atoms with van der Waals surface area (Å²) in [7, 11) is 1.58. The van der Waals surface area contributed by atoms with E-state index in [4.69, 9.17) is 9.57 Å². The minimum atomic E-state index is -0.849. The number of nitrogens with zero attached hydrogens (tertiary/aromatic N) is 2. The van der Waals surface area contributed by atoms with Crippen molar-refractivity contribution in [2.24, 2.45) is 0 Å². The topological polar surface area (TPSA) is 93.2 Å². The van der Waals surface area contributed by atoms with Crippen LogP contribution >= 0.6 is 0 Å². The molecule has 0 bridgehead atoms. The van der Waals surface area contributed by atoms with Crippen molar-refractivity contribution in [1.29, 1.82) is 0 Å². The molecule has 1 saturated heterocycles. The number of hydrogen-bond donors (Lipinski definition) is 0. The van der Waals surface area contributed by atoms with Gasteiger partial charge in [0.1, 0.15) is 5.75 Å². The molecule has 1 aliphatic heterocycles. The summed E-state index contributed by atoms with van der Waals surface area (Å²) in [4.78, 5) is 53.3. The van der Waals surface area contributed by atoms with Crippen molar-refractivity contribution in [2.75, 3.05) is 11.9 Å². The third-order valence-electron chi connectivity index (χ3n) is 3.89. The Morgan fingerprint density at radius 3 is 2.11 bits per heavy atom. The molecule has 1 heterocycles. The summed E-state index contributed by atoms with van der Waals surface area (Å²) in [6.45, 7) is 0. The first-order chi connectivity index (χ1) is 13.0. The molecule has 3 rings (SSSR count). The van der Waals surface area contributed by atoms with E-state index < -0.39 is 23.9 Å². The van der Waals surface area contributed by atoms with E-state index in [0.29, 0.717) is 10.8 Å². The summed E-state index contributed by atoms with van der Waals surface area (Å²) in [6.07, 6.45) is -0.545. The number of hydrogen-bond acceptors (Lipinski definition) is 6. The average Bonchev–Trinajstić information content (AvgIpc) is 3.00. The zero-order chi connectivity index (χ0) is 19.4. The van der Waals surface area contributed by atoms with E-state index in [1.54, 1.807) is 31.3 Å².